The van der Waals surface area contributed by atoms with Crippen LogP contribution < -0.4 is 5.73 Å². The van der Waals surface area contributed by atoms with Gasteiger partial charge in [0.1, 0.15) is 5.69 Å². The molecule has 4 heteroatoms. The minimum absolute atomic E-state index is 0.196. The van der Waals surface area contributed by atoms with Gasteiger partial charge in [0.25, 0.3) is 5.91 Å². The van der Waals surface area contributed by atoms with Crippen molar-refractivity contribution in [3.63, 3.8) is 0 Å². The summed E-state index contributed by atoms with van der Waals surface area (Å²) in [7, 11) is 0. The van der Waals surface area contributed by atoms with E-state index in [2.05, 4.69) is 10.9 Å². The summed E-state index contributed by atoms with van der Waals surface area (Å²) in [6, 6.07) is 9.06. The Balaban J connectivity index is 2.46. The van der Waals surface area contributed by atoms with Crippen LogP contribution in [0.25, 0.3) is 10.9 Å². The highest BCUT2D eigenvalue weighted by Crippen LogP contribution is 2.20. The van der Waals surface area contributed by atoms with Crippen LogP contribution in [0.4, 0.5) is 5.69 Å². The molecule has 1 aromatic carbocycles. The average Bonchev–Trinajstić information content (AvgIpc) is 2.44. The number of amides is 1. The second-order valence-electron chi connectivity index (χ2n) is 4.14. The molecule has 96 valence electrons. The SMILES string of the molecule is C#CCN(CC)C(=O)c1cc(N)c2ccccc2n1. The number of nitrogens with zero attached hydrogens (tertiary/aromatic N) is 2. The van der Waals surface area contributed by atoms with Gasteiger partial charge in [0.15, 0.2) is 0 Å². The van der Waals surface area contributed by atoms with Crippen molar-refractivity contribution in [2.45, 2.75) is 6.92 Å². The standard InChI is InChI=1S/C15H15N3O/c1-3-9-18(4-2)15(19)14-10-12(16)11-7-5-6-8-13(11)17-14/h1,5-8,10H,4,9H2,2H3,(H2,16,17). The Hall–Kier alpha value is -2.54. The first-order valence-electron chi connectivity index (χ1n) is 6.05. The number of carbonyl (C=O) groups excluding carboxylic acids is 1. The molecule has 0 fully saturated rings. The molecule has 2 N–H and O–H groups in total. The van der Waals surface area contributed by atoms with Crippen LogP contribution in [0.5, 0.6) is 0 Å². The van der Waals surface area contributed by atoms with Crippen LogP contribution in [0.1, 0.15) is 17.4 Å². The third-order valence-corrected chi connectivity index (χ3v) is 2.92. The fraction of sp³-hybridized carbons (Fsp3) is 0.200. The van der Waals surface area contributed by atoms with Gasteiger partial charge in [0, 0.05) is 17.6 Å². The molecule has 0 radical (unpaired) electrons. The lowest BCUT2D eigenvalue weighted by Gasteiger charge is -2.17. The van der Waals surface area contributed by atoms with E-state index in [1.165, 1.54) is 0 Å². The van der Waals surface area contributed by atoms with Crippen molar-refractivity contribution in [2.75, 3.05) is 18.8 Å². The summed E-state index contributed by atoms with van der Waals surface area (Å²) < 4.78 is 0. The van der Waals surface area contributed by atoms with Crippen molar-refractivity contribution in [3.8, 4) is 12.3 Å². The molecule has 0 saturated heterocycles. The Labute approximate surface area is 112 Å². The maximum Gasteiger partial charge on any atom is 0.273 e. The zero-order valence-electron chi connectivity index (χ0n) is 10.8. The summed E-state index contributed by atoms with van der Waals surface area (Å²) in [6.45, 7) is 2.68. The highest BCUT2D eigenvalue weighted by molar-refractivity contribution is 5.99. The number of terminal acetylenes is 1. The van der Waals surface area contributed by atoms with Gasteiger partial charge in [-0.15, -0.1) is 6.42 Å². The number of fused-ring (bicyclic) bond motifs is 1. The minimum Gasteiger partial charge on any atom is -0.398 e. The molecule has 0 atom stereocenters. The number of carbonyl (C=O) groups is 1. The van der Waals surface area contributed by atoms with Crippen molar-refractivity contribution in [1.82, 2.24) is 9.88 Å². The molecule has 1 amide bonds. The van der Waals surface area contributed by atoms with Crippen LogP contribution in [0.3, 0.4) is 0 Å². The molecule has 1 heterocycles. The average molecular weight is 253 g/mol. The summed E-state index contributed by atoms with van der Waals surface area (Å²) in [5, 5.41) is 0.846. The number of benzene rings is 1. The van der Waals surface area contributed by atoms with E-state index in [1.807, 2.05) is 31.2 Å². The largest absolute Gasteiger partial charge is 0.398 e. The van der Waals surface area contributed by atoms with E-state index < -0.39 is 0 Å². The van der Waals surface area contributed by atoms with Gasteiger partial charge in [0.05, 0.1) is 12.1 Å². The number of pyridine rings is 1. The number of nitrogens with two attached hydrogens (primary N) is 1. The second-order valence-corrected chi connectivity index (χ2v) is 4.14. The lowest BCUT2D eigenvalue weighted by Crippen LogP contribution is -2.31. The molecule has 0 aliphatic heterocycles. The fourth-order valence-corrected chi connectivity index (χ4v) is 1.91. The van der Waals surface area contributed by atoms with Crippen LogP contribution >= 0.6 is 0 Å². The topological polar surface area (TPSA) is 59.2 Å². The first kappa shape index (κ1) is 12.9. The van der Waals surface area contributed by atoms with Crippen LogP contribution in [0.15, 0.2) is 30.3 Å². The van der Waals surface area contributed by atoms with Crippen LogP contribution in [-0.4, -0.2) is 28.9 Å². The Morgan fingerprint density at radius 3 is 2.89 bits per heavy atom. The highest BCUT2D eigenvalue weighted by Gasteiger charge is 2.16. The van der Waals surface area contributed by atoms with E-state index in [1.54, 1.807) is 11.0 Å². The molecule has 0 spiro atoms. The molecule has 2 aromatic rings. The number of rotatable bonds is 3. The summed E-state index contributed by atoms with van der Waals surface area (Å²) >= 11 is 0. The Kier molecular flexibility index (Phi) is 3.67. The fourth-order valence-electron chi connectivity index (χ4n) is 1.91. The summed E-state index contributed by atoms with van der Waals surface area (Å²) in [5.41, 5.74) is 7.54. The smallest absolute Gasteiger partial charge is 0.273 e. The monoisotopic (exact) mass is 253 g/mol. The molecule has 19 heavy (non-hydrogen) atoms. The van der Waals surface area contributed by atoms with Crippen molar-refractivity contribution in [3.05, 3.63) is 36.0 Å². The lowest BCUT2D eigenvalue weighted by molar-refractivity contribution is 0.0779. The first-order chi connectivity index (χ1) is 9.17. The van der Waals surface area contributed by atoms with Crippen LogP contribution in [0.2, 0.25) is 0 Å². The molecule has 1 aromatic heterocycles. The number of hydrogen-bond donors (Lipinski definition) is 1. The molecule has 0 bridgehead atoms. The number of para-hydroxylation sites is 1. The second kappa shape index (κ2) is 5.40. The van der Waals surface area contributed by atoms with Crippen molar-refractivity contribution >= 4 is 22.5 Å². The zero-order chi connectivity index (χ0) is 13.8. The van der Waals surface area contributed by atoms with Gasteiger partial charge in [0.2, 0.25) is 0 Å². The molecule has 0 unspecified atom stereocenters. The summed E-state index contributed by atoms with van der Waals surface area (Å²) in [4.78, 5) is 18.2. The molecule has 4 nitrogen and oxygen atoms in total. The van der Waals surface area contributed by atoms with Crippen molar-refractivity contribution in [1.29, 1.82) is 0 Å². The molecule has 0 aliphatic rings. The van der Waals surface area contributed by atoms with Gasteiger partial charge in [-0.2, -0.15) is 0 Å². The van der Waals surface area contributed by atoms with Gasteiger partial charge in [-0.25, -0.2) is 4.98 Å². The third-order valence-electron chi connectivity index (χ3n) is 2.92. The first-order valence-corrected chi connectivity index (χ1v) is 6.05. The number of nitrogen functional groups attached to an aromatic ring is 1. The normalized spacial score (nSPS) is 10.1. The number of aromatic nitrogens is 1. The number of hydrogen-bond acceptors (Lipinski definition) is 3. The van der Waals surface area contributed by atoms with Crippen LogP contribution in [-0.2, 0) is 0 Å². The van der Waals surface area contributed by atoms with Gasteiger partial charge >= 0.3 is 0 Å². The Bertz CT molecular complexity index is 658. The van der Waals surface area contributed by atoms with E-state index in [0.717, 1.165) is 5.39 Å². The van der Waals surface area contributed by atoms with Crippen LogP contribution in [0, 0.1) is 12.3 Å². The highest BCUT2D eigenvalue weighted by atomic mass is 16.2. The molecule has 2 rings (SSSR count). The van der Waals surface area contributed by atoms with E-state index >= 15 is 0 Å². The molecule has 0 aliphatic carbocycles. The predicted octanol–water partition coefficient (Wildman–Crippen LogP) is 1.91. The Morgan fingerprint density at radius 2 is 2.21 bits per heavy atom. The van der Waals surface area contributed by atoms with E-state index in [0.29, 0.717) is 23.4 Å². The minimum atomic E-state index is -0.196. The van der Waals surface area contributed by atoms with Crippen molar-refractivity contribution < 1.29 is 4.79 Å². The maximum absolute atomic E-state index is 12.3. The van der Waals surface area contributed by atoms with E-state index in [-0.39, 0.29) is 12.5 Å². The van der Waals surface area contributed by atoms with Gasteiger partial charge in [-0.1, -0.05) is 24.1 Å². The maximum atomic E-state index is 12.3. The predicted molar refractivity (Wildman–Crippen MR) is 76.6 cm³/mol. The molecule has 0 saturated carbocycles. The third kappa shape index (κ3) is 2.50. The quantitative estimate of drug-likeness (QED) is 0.850. The molecular formula is C15H15N3O. The zero-order valence-corrected chi connectivity index (χ0v) is 10.8. The molecular weight excluding hydrogens is 238 g/mol. The van der Waals surface area contributed by atoms with Gasteiger partial charge in [-0.05, 0) is 19.1 Å². The van der Waals surface area contributed by atoms with Gasteiger partial charge in [-0.3, -0.25) is 4.79 Å². The van der Waals surface area contributed by atoms with E-state index in [4.69, 9.17) is 12.2 Å². The lowest BCUT2D eigenvalue weighted by atomic mass is 10.1. The summed E-state index contributed by atoms with van der Waals surface area (Å²) in [6.07, 6.45) is 5.25. The van der Waals surface area contributed by atoms with Crippen molar-refractivity contribution in [2.24, 2.45) is 0 Å². The Morgan fingerprint density at radius 1 is 1.47 bits per heavy atom. The number of anilines is 1. The van der Waals surface area contributed by atoms with E-state index in [9.17, 15) is 4.79 Å². The van der Waals surface area contributed by atoms with Gasteiger partial charge < -0.3 is 10.6 Å². The summed E-state index contributed by atoms with van der Waals surface area (Å²) in [5.74, 6) is 2.27.